The summed E-state index contributed by atoms with van der Waals surface area (Å²) in [5, 5.41) is 8.42. The Morgan fingerprint density at radius 2 is 2.07 bits per heavy atom. The van der Waals surface area contributed by atoms with Gasteiger partial charge >= 0.3 is 0 Å². The number of hydrogen-bond donors (Lipinski definition) is 0. The van der Waals surface area contributed by atoms with Crippen LogP contribution in [0.3, 0.4) is 0 Å². The predicted octanol–water partition coefficient (Wildman–Crippen LogP) is 3.14. The minimum atomic E-state index is 0.364. The van der Waals surface area contributed by atoms with E-state index in [-0.39, 0.29) is 0 Å². The Morgan fingerprint density at radius 3 is 2.73 bits per heavy atom. The van der Waals surface area contributed by atoms with Crippen molar-refractivity contribution < 1.29 is 0 Å². The van der Waals surface area contributed by atoms with Gasteiger partial charge in [-0.05, 0) is 23.0 Å². The Kier molecular flexibility index (Phi) is 6.33. The molecule has 1 rings (SSSR count). The normalized spacial score (nSPS) is 10.2. The summed E-state index contributed by atoms with van der Waals surface area (Å²) in [4.78, 5) is 0. The lowest BCUT2D eigenvalue weighted by Crippen LogP contribution is -2.03. The average molecular weight is 237 g/mol. The molecule has 2 nitrogen and oxygen atoms in total. The first-order chi connectivity index (χ1) is 7.33. The van der Waals surface area contributed by atoms with E-state index in [0.29, 0.717) is 6.54 Å². The number of nitrogens with zero attached hydrogens (tertiary/aromatic N) is 2. The molecule has 4 heteroatoms. The zero-order chi connectivity index (χ0) is 10.9. The first kappa shape index (κ1) is 12.4. The third-order valence-electron chi connectivity index (χ3n) is 1.72. The monoisotopic (exact) mass is 237 g/mol. The van der Waals surface area contributed by atoms with Gasteiger partial charge in [0.05, 0.1) is 12.6 Å². The van der Waals surface area contributed by atoms with Crippen LogP contribution >= 0.6 is 21.8 Å². The zero-order valence-corrected chi connectivity index (χ0v) is 10.1. The molecule has 0 aliphatic carbocycles. The summed E-state index contributed by atoms with van der Waals surface area (Å²) >= 11 is 0. The third-order valence-corrected chi connectivity index (χ3v) is 3.99. The molecule has 0 aliphatic rings. The third kappa shape index (κ3) is 5.73. The molecule has 15 heavy (non-hydrogen) atoms. The molecule has 0 unspecified atom stereocenters. The standard InChI is InChI=1S/C11H13N2S2/c1-13(9-8-12)15-14-10-7-11-5-3-2-4-6-11/h2-6H,1,7,9-10H2. The maximum absolute atomic E-state index is 8.42. The number of nitriles is 1. The lowest BCUT2D eigenvalue weighted by Gasteiger charge is -2.09. The maximum Gasteiger partial charge on any atom is 0.0970 e. The van der Waals surface area contributed by atoms with E-state index in [4.69, 9.17) is 5.26 Å². The van der Waals surface area contributed by atoms with E-state index in [2.05, 4.69) is 37.4 Å². The first-order valence-electron chi connectivity index (χ1n) is 4.61. The predicted molar refractivity (Wildman–Crippen MR) is 67.9 cm³/mol. The smallest absolute Gasteiger partial charge is 0.0970 e. The van der Waals surface area contributed by atoms with Gasteiger partial charge in [-0.3, -0.25) is 0 Å². The van der Waals surface area contributed by atoms with Crippen LogP contribution in [0.2, 0.25) is 0 Å². The second-order valence-electron chi connectivity index (χ2n) is 2.93. The summed E-state index contributed by atoms with van der Waals surface area (Å²) in [5.41, 5.74) is 1.35. The Balaban J connectivity index is 2.10. The number of rotatable bonds is 6. The molecular formula is C11H13N2S2. The second kappa shape index (κ2) is 7.63. The van der Waals surface area contributed by atoms with Crippen LogP contribution in [0.5, 0.6) is 0 Å². The van der Waals surface area contributed by atoms with Crippen molar-refractivity contribution >= 4 is 21.8 Å². The van der Waals surface area contributed by atoms with Crippen LogP contribution in [0.25, 0.3) is 0 Å². The highest BCUT2D eigenvalue weighted by Gasteiger charge is 1.98. The van der Waals surface area contributed by atoms with Gasteiger partial charge in [-0.25, -0.2) is 4.31 Å². The van der Waals surface area contributed by atoms with Gasteiger partial charge in [0.1, 0.15) is 0 Å². The molecule has 0 atom stereocenters. The molecule has 0 saturated heterocycles. The highest BCUT2D eigenvalue weighted by molar-refractivity contribution is 8.75. The quantitative estimate of drug-likeness (QED) is 0.329. The molecule has 79 valence electrons. The fourth-order valence-corrected chi connectivity index (χ4v) is 2.75. The summed E-state index contributed by atoms with van der Waals surface area (Å²) in [6.45, 7) is 0.364. The highest BCUT2D eigenvalue weighted by Crippen LogP contribution is 2.25. The maximum atomic E-state index is 8.42. The topological polar surface area (TPSA) is 27.0 Å². The van der Waals surface area contributed by atoms with Crippen molar-refractivity contribution in [3.05, 3.63) is 42.9 Å². The Morgan fingerprint density at radius 1 is 1.33 bits per heavy atom. The summed E-state index contributed by atoms with van der Waals surface area (Å²) in [6.07, 6.45) is 1.05. The van der Waals surface area contributed by atoms with E-state index >= 15 is 0 Å². The zero-order valence-electron chi connectivity index (χ0n) is 8.43. The molecule has 0 heterocycles. The van der Waals surface area contributed by atoms with E-state index in [1.54, 1.807) is 15.1 Å². The highest BCUT2D eigenvalue weighted by atomic mass is 33.1. The summed E-state index contributed by atoms with van der Waals surface area (Å²) in [6, 6.07) is 12.4. The van der Waals surface area contributed by atoms with E-state index < -0.39 is 0 Å². The van der Waals surface area contributed by atoms with Gasteiger partial charge in [0.25, 0.3) is 0 Å². The van der Waals surface area contributed by atoms with Crippen LogP contribution in [0, 0.1) is 18.4 Å². The molecule has 0 amide bonds. The minimum Gasteiger partial charge on any atom is -0.226 e. The molecular weight excluding hydrogens is 224 g/mol. The van der Waals surface area contributed by atoms with Gasteiger partial charge in [0.2, 0.25) is 0 Å². The van der Waals surface area contributed by atoms with Gasteiger partial charge in [0, 0.05) is 12.8 Å². The lowest BCUT2D eigenvalue weighted by molar-refractivity contribution is 0.707. The van der Waals surface area contributed by atoms with E-state index in [1.807, 2.05) is 6.07 Å². The second-order valence-corrected chi connectivity index (χ2v) is 5.39. The van der Waals surface area contributed by atoms with Crippen molar-refractivity contribution in [1.29, 1.82) is 5.26 Å². The number of hydrogen-bond acceptors (Lipinski definition) is 4. The van der Waals surface area contributed by atoms with Crippen molar-refractivity contribution in [2.75, 3.05) is 12.3 Å². The van der Waals surface area contributed by atoms with Crippen LogP contribution < -0.4 is 0 Å². The van der Waals surface area contributed by atoms with Crippen LogP contribution in [0.15, 0.2) is 30.3 Å². The fourth-order valence-electron chi connectivity index (χ4n) is 1.02. The van der Waals surface area contributed by atoms with Gasteiger partial charge in [-0.2, -0.15) is 5.26 Å². The molecule has 0 bridgehead atoms. The summed E-state index contributed by atoms with van der Waals surface area (Å²) < 4.78 is 1.69. The largest absolute Gasteiger partial charge is 0.226 e. The van der Waals surface area contributed by atoms with E-state index in [1.165, 1.54) is 16.5 Å². The Bertz CT molecular complexity index is 308. The molecule has 0 aliphatic heterocycles. The SMILES string of the molecule is [CH2]N(CC#N)SSCCc1ccccc1. The molecule has 0 fully saturated rings. The number of aryl methyl sites for hydroxylation is 1. The van der Waals surface area contributed by atoms with Crippen molar-refractivity contribution in [3.8, 4) is 6.07 Å². The van der Waals surface area contributed by atoms with Crippen molar-refractivity contribution in [1.82, 2.24) is 4.31 Å². The molecule has 0 saturated carbocycles. The van der Waals surface area contributed by atoms with E-state index in [0.717, 1.165) is 12.2 Å². The summed E-state index contributed by atoms with van der Waals surface area (Å²) in [5.74, 6) is 1.03. The van der Waals surface area contributed by atoms with Gasteiger partial charge in [-0.15, -0.1) is 0 Å². The summed E-state index contributed by atoms with van der Waals surface area (Å²) in [7, 11) is 6.99. The Labute approximate surface area is 99.2 Å². The number of benzene rings is 1. The molecule has 0 N–H and O–H groups in total. The van der Waals surface area contributed by atoms with Crippen LogP contribution in [-0.2, 0) is 6.42 Å². The molecule has 1 aromatic rings. The van der Waals surface area contributed by atoms with Gasteiger partial charge < -0.3 is 0 Å². The van der Waals surface area contributed by atoms with Crippen LogP contribution in [0.1, 0.15) is 5.56 Å². The van der Waals surface area contributed by atoms with Crippen LogP contribution in [0.4, 0.5) is 0 Å². The van der Waals surface area contributed by atoms with Crippen LogP contribution in [-0.4, -0.2) is 16.6 Å². The van der Waals surface area contributed by atoms with Gasteiger partial charge in [0.15, 0.2) is 0 Å². The fraction of sp³-hybridized carbons (Fsp3) is 0.273. The molecule has 1 radical (unpaired) electrons. The van der Waals surface area contributed by atoms with Crippen molar-refractivity contribution in [3.63, 3.8) is 0 Å². The van der Waals surface area contributed by atoms with Crippen molar-refractivity contribution in [2.24, 2.45) is 0 Å². The molecule has 0 aromatic heterocycles. The minimum absolute atomic E-state index is 0.364. The van der Waals surface area contributed by atoms with Gasteiger partial charge in [-0.1, -0.05) is 41.1 Å². The van der Waals surface area contributed by atoms with E-state index in [9.17, 15) is 0 Å². The first-order valence-corrected chi connectivity index (χ1v) is 6.89. The average Bonchev–Trinajstić information content (AvgIpc) is 2.26. The Hall–Kier alpha value is -0.630. The molecule has 0 spiro atoms. The van der Waals surface area contributed by atoms with Crippen molar-refractivity contribution in [2.45, 2.75) is 6.42 Å². The molecule has 1 aromatic carbocycles. The lowest BCUT2D eigenvalue weighted by atomic mass is 10.2.